The summed E-state index contributed by atoms with van der Waals surface area (Å²) in [5, 5.41) is 2.85. The van der Waals surface area contributed by atoms with Crippen molar-refractivity contribution in [2.45, 2.75) is 26.9 Å². The molecule has 7 nitrogen and oxygen atoms in total. The number of aromatic amines is 1. The fourth-order valence-corrected chi connectivity index (χ4v) is 2.87. The maximum atomic E-state index is 12.4. The lowest BCUT2D eigenvalue weighted by Gasteiger charge is -2.14. The van der Waals surface area contributed by atoms with Crippen molar-refractivity contribution < 1.29 is 13.9 Å². The van der Waals surface area contributed by atoms with Gasteiger partial charge in [-0.15, -0.1) is 0 Å². The van der Waals surface area contributed by atoms with Gasteiger partial charge >= 0.3 is 0 Å². The molecule has 0 atom stereocenters. The Kier molecular flexibility index (Phi) is 4.57. The fraction of sp³-hybridized carbons (Fsp3) is 0.190. The number of H-pyrrole nitrogens is 1. The average molecular weight is 376 g/mol. The summed E-state index contributed by atoms with van der Waals surface area (Å²) in [6.45, 7) is 5.71. The highest BCUT2D eigenvalue weighted by Gasteiger charge is 2.16. The van der Waals surface area contributed by atoms with E-state index in [0.717, 1.165) is 11.1 Å². The molecule has 0 aliphatic heterocycles. The molecule has 4 aromatic rings. The number of amides is 1. The van der Waals surface area contributed by atoms with Gasteiger partial charge in [0.2, 0.25) is 0 Å². The Balaban J connectivity index is 1.71. The highest BCUT2D eigenvalue weighted by molar-refractivity contribution is 6.02. The first kappa shape index (κ1) is 17.8. The minimum atomic E-state index is -0.317. The molecule has 0 aliphatic carbocycles. The van der Waals surface area contributed by atoms with Crippen LogP contribution in [0.15, 0.2) is 53.1 Å². The molecule has 1 amide bonds. The summed E-state index contributed by atoms with van der Waals surface area (Å²) < 4.78 is 11.3. The van der Waals surface area contributed by atoms with Crippen LogP contribution in [0.1, 0.15) is 30.2 Å². The van der Waals surface area contributed by atoms with Gasteiger partial charge in [0, 0.05) is 11.9 Å². The number of nitrogens with zero attached hydrogens (tertiary/aromatic N) is 2. The number of imidazole rings is 1. The molecule has 1 aromatic carbocycles. The molecule has 0 unspecified atom stereocenters. The molecular weight excluding hydrogens is 356 g/mol. The van der Waals surface area contributed by atoms with Crippen LogP contribution in [0.2, 0.25) is 0 Å². The molecule has 0 aliphatic rings. The number of benzene rings is 1. The minimum absolute atomic E-state index is 0.00668. The highest BCUT2D eigenvalue weighted by Crippen LogP contribution is 2.33. The summed E-state index contributed by atoms with van der Waals surface area (Å²) in [6, 6.07) is 12.5. The van der Waals surface area contributed by atoms with E-state index in [1.54, 1.807) is 31.3 Å². The molecule has 0 radical (unpaired) electrons. The maximum Gasteiger partial charge on any atom is 0.291 e. The summed E-state index contributed by atoms with van der Waals surface area (Å²) in [5.74, 6) is 1.91. The fourth-order valence-electron chi connectivity index (χ4n) is 2.87. The van der Waals surface area contributed by atoms with Gasteiger partial charge in [-0.3, -0.25) is 4.79 Å². The molecular formula is C21H20N4O3. The van der Waals surface area contributed by atoms with E-state index in [9.17, 15) is 4.79 Å². The molecule has 28 heavy (non-hydrogen) atoms. The first-order chi connectivity index (χ1) is 13.5. The van der Waals surface area contributed by atoms with Crippen molar-refractivity contribution in [3.63, 3.8) is 0 Å². The quantitative estimate of drug-likeness (QED) is 0.532. The monoisotopic (exact) mass is 376 g/mol. The number of furan rings is 1. The van der Waals surface area contributed by atoms with Crippen molar-refractivity contribution in [3.05, 3.63) is 60.2 Å². The molecule has 0 fully saturated rings. The standard InChI is InChI=1S/C21H20N4O3/c1-12(2)27-17-9-7-14(23-21(26)18-8-6-13(3)28-18)11-15(17)19-24-16-5-4-10-22-20(16)25-19/h4-12H,1-3H3,(H,23,26)(H,22,24,25). The number of carbonyl (C=O) groups excluding carboxylic acids is 1. The van der Waals surface area contributed by atoms with Crippen LogP contribution < -0.4 is 10.1 Å². The van der Waals surface area contributed by atoms with Gasteiger partial charge in [0.25, 0.3) is 5.91 Å². The molecule has 0 spiro atoms. The maximum absolute atomic E-state index is 12.4. The Labute approximate surface area is 161 Å². The molecule has 142 valence electrons. The van der Waals surface area contributed by atoms with Crippen LogP contribution in [0.25, 0.3) is 22.6 Å². The Bertz CT molecular complexity index is 1110. The SMILES string of the molecule is Cc1ccc(C(=O)Nc2ccc(OC(C)C)c(-c3nc4cccnc4[nH]3)c2)o1. The van der Waals surface area contributed by atoms with Gasteiger partial charge in [-0.25, -0.2) is 9.97 Å². The van der Waals surface area contributed by atoms with Gasteiger partial charge < -0.3 is 19.5 Å². The van der Waals surface area contributed by atoms with Crippen LogP contribution in [0.3, 0.4) is 0 Å². The predicted molar refractivity (Wildman–Crippen MR) is 106 cm³/mol. The van der Waals surface area contributed by atoms with E-state index in [2.05, 4.69) is 20.3 Å². The molecule has 4 rings (SSSR count). The Hall–Kier alpha value is -3.61. The number of ether oxygens (including phenoxy) is 1. The van der Waals surface area contributed by atoms with Gasteiger partial charge in [-0.05, 0) is 63.2 Å². The molecule has 0 saturated heterocycles. The molecule has 3 aromatic heterocycles. The van der Waals surface area contributed by atoms with E-state index in [1.807, 2.05) is 38.1 Å². The summed E-state index contributed by atoms with van der Waals surface area (Å²) in [5.41, 5.74) is 2.79. The van der Waals surface area contributed by atoms with Crippen molar-refractivity contribution >= 4 is 22.8 Å². The Morgan fingerprint density at radius 2 is 2.07 bits per heavy atom. The number of hydrogen-bond donors (Lipinski definition) is 2. The average Bonchev–Trinajstić information content (AvgIpc) is 3.28. The van der Waals surface area contributed by atoms with Gasteiger partial charge in [0.05, 0.1) is 11.7 Å². The van der Waals surface area contributed by atoms with Crippen LogP contribution in [0, 0.1) is 6.92 Å². The zero-order chi connectivity index (χ0) is 19.7. The number of nitrogens with one attached hydrogen (secondary N) is 2. The number of fused-ring (bicyclic) bond motifs is 1. The van der Waals surface area contributed by atoms with Crippen molar-refractivity contribution in [2.24, 2.45) is 0 Å². The normalized spacial score (nSPS) is 11.1. The Morgan fingerprint density at radius 1 is 1.21 bits per heavy atom. The minimum Gasteiger partial charge on any atom is -0.490 e. The first-order valence-electron chi connectivity index (χ1n) is 8.99. The molecule has 7 heteroatoms. The summed E-state index contributed by atoms with van der Waals surface area (Å²) >= 11 is 0. The second-order valence-corrected chi connectivity index (χ2v) is 6.70. The highest BCUT2D eigenvalue weighted by atomic mass is 16.5. The van der Waals surface area contributed by atoms with Crippen LogP contribution >= 0.6 is 0 Å². The zero-order valence-corrected chi connectivity index (χ0v) is 15.8. The molecule has 2 N–H and O–H groups in total. The van der Waals surface area contributed by atoms with E-state index in [4.69, 9.17) is 9.15 Å². The third kappa shape index (κ3) is 3.59. The largest absolute Gasteiger partial charge is 0.490 e. The van der Waals surface area contributed by atoms with E-state index in [-0.39, 0.29) is 17.8 Å². The number of hydrogen-bond acceptors (Lipinski definition) is 5. The number of anilines is 1. The van der Waals surface area contributed by atoms with Crippen LogP contribution in [-0.4, -0.2) is 27.0 Å². The first-order valence-corrected chi connectivity index (χ1v) is 8.99. The third-order valence-electron chi connectivity index (χ3n) is 4.07. The van der Waals surface area contributed by atoms with Gasteiger partial charge in [0.1, 0.15) is 22.9 Å². The zero-order valence-electron chi connectivity index (χ0n) is 15.8. The Morgan fingerprint density at radius 3 is 2.79 bits per heavy atom. The topological polar surface area (TPSA) is 93.0 Å². The summed E-state index contributed by atoms with van der Waals surface area (Å²) in [6.07, 6.45) is 1.70. The van der Waals surface area contributed by atoms with Crippen LogP contribution in [0.5, 0.6) is 5.75 Å². The van der Waals surface area contributed by atoms with Gasteiger partial charge in [0.15, 0.2) is 11.4 Å². The second kappa shape index (κ2) is 7.19. The number of pyridine rings is 1. The smallest absolute Gasteiger partial charge is 0.291 e. The molecule has 0 saturated carbocycles. The van der Waals surface area contributed by atoms with Crippen LogP contribution in [0.4, 0.5) is 5.69 Å². The van der Waals surface area contributed by atoms with Crippen LogP contribution in [-0.2, 0) is 0 Å². The number of aromatic nitrogens is 3. The number of rotatable bonds is 5. The van der Waals surface area contributed by atoms with E-state index < -0.39 is 0 Å². The van der Waals surface area contributed by atoms with E-state index in [1.165, 1.54) is 0 Å². The summed E-state index contributed by atoms with van der Waals surface area (Å²) in [7, 11) is 0. The number of aryl methyl sites for hydroxylation is 1. The van der Waals surface area contributed by atoms with Crippen molar-refractivity contribution in [2.75, 3.05) is 5.32 Å². The lowest BCUT2D eigenvalue weighted by Crippen LogP contribution is -2.11. The molecule has 0 bridgehead atoms. The predicted octanol–water partition coefficient (Wildman–Crippen LogP) is 4.57. The third-order valence-corrected chi connectivity index (χ3v) is 4.07. The van der Waals surface area contributed by atoms with Crippen molar-refractivity contribution in [1.29, 1.82) is 0 Å². The van der Waals surface area contributed by atoms with E-state index >= 15 is 0 Å². The number of carbonyl (C=O) groups is 1. The van der Waals surface area contributed by atoms with E-state index in [0.29, 0.717) is 28.7 Å². The van der Waals surface area contributed by atoms with Gasteiger partial charge in [-0.1, -0.05) is 0 Å². The van der Waals surface area contributed by atoms with Crippen molar-refractivity contribution in [1.82, 2.24) is 15.0 Å². The van der Waals surface area contributed by atoms with Crippen molar-refractivity contribution in [3.8, 4) is 17.1 Å². The summed E-state index contributed by atoms with van der Waals surface area (Å²) in [4.78, 5) is 24.5. The molecule has 3 heterocycles. The second-order valence-electron chi connectivity index (χ2n) is 6.70. The lowest BCUT2D eigenvalue weighted by atomic mass is 10.1. The van der Waals surface area contributed by atoms with Gasteiger partial charge in [-0.2, -0.15) is 0 Å². The lowest BCUT2D eigenvalue weighted by molar-refractivity contribution is 0.0995.